The fourth-order valence-electron chi connectivity index (χ4n) is 1.98. The molecular weight excluding hydrogens is 239 g/mol. The number of carbonyl (C=O) groups excluding carboxylic acids is 2. The van der Waals surface area contributed by atoms with Crippen molar-refractivity contribution in [1.29, 1.82) is 0 Å². The van der Waals surface area contributed by atoms with E-state index >= 15 is 0 Å². The molecule has 1 rings (SSSR count). The zero-order chi connectivity index (χ0) is 11.8. The normalized spacial score (nSPS) is 27.6. The number of esters is 1. The van der Waals surface area contributed by atoms with Gasteiger partial charge in [-0.25, -0.2) is 0 Å². The number of hydrogen-bond acceptors (Lipinski definition) is 3. The molecule has 0 radical (unpaired) electrons. The highest BCUT2D eigenvalue weighted by Crippen LogP contribution is 2.59. The summed E-state index contributed by atoms with van der Waals surface area (Å²) in [6.45, 7) is 5.73. The molecule has 0 aromatic carbocycles. The summed E-state index contributed by atoms with van der Waals surface area (Å²) in [5, 5.41) is 0. The van der Waals surface area contributed by atoms with Crippen LogP contribution in [0.2, 0.25) is 0 Å². The highest BCUT2D eigenvalue weighted by atomic mass is 35.5. The summed E-state index contributed by atoms with van der Waals surface area (Å²) in [5.41, 5.74) is -0.384. The van der Waals surface area contributed by atoms with Gasteiger partial charge >= 0.3 is 5.97 Å². The molecule has 0 spiro atoms. The number of halogens is 2. The van der Waals surface area contributed by atoms with Crippen LogP contribution in [-0.2, 0) is 14.3 Å². The van der Waals surface area contributed by atoms with Gasteiger partial charge in [0.15, 0.2) is 10.6 Å². The Morgan fingerprint density at radius 3 is 2.27 bits per heavy atom. The summed E-state index contributed by atoms with van der Waals surface area (Å²) in [7, 11) is 0. The van der Waals surface area contributed by atoms with Crippen molar-refractivity contribution in [3.8, 4) is 0 Å². The van der Waals surface area contributed by atoms with E-state index in [4.69, 9.17) is 27.9 Å². The molecule has 1 saturated carbocycles. The molecule has 0 unspecified atom stereocenters. The van der Waals surface area contributed by atoms with Crippen molar-refractivity contribution in [2.45, 2.75) is 25.6 Å². The molecule has 5 heteroatoms. The first-order valence-electron chi connectivity index (χ1n) is 4.82. The SMILES string of the molecule is CCOC(=O)[C@@H]1[C@@H](C(=O)C(Cl)Cl)C1(C)C. The van der Waals surface area contributed by atoms with Gasteiger partial charge in [0.2, 0.25) is 0 Å². The third kappa shape index (κ3) is 2.28. The minimum absolute atomic E-state index is 0.290. The minimum atomic E-state index is -1.06. The van der Waals surface area contributed by atoms with Gasteiger partial charge in [0.1, 0.15) is 0 Å². The predicted octanol–water partition coefficient (Wildman–Crippen LogP) is 2.19. The van der Waals surface area contributed by atoms with Crippen LogP contribution in [0.3, 0.4) is 0 Å². The second-order valence-electron chi connectivity index (χ2n) is 4.23. The van der Waals surface area contributed by atoms with Crippen LogP contribution >= 0.6 is 23.2 Å². The number of alkyl halides is 2. The lowest BCUT2D eigenvalue weighted by molar-refractivity contribution is -0.146. The predicted molar refractivity (Wildman–Crippen MR) is 57.9 cm³/mol. The maximum Gasteiger partial charge on any atom is 0.310 e. The summed E-state index contributed by atoms with van der Waals surface area (Å²) in [5.74, 6) is -1.43. The molecule has 1 aliphatic carbocycles. The molecule has 0 N–H and O–H groups in total. The third-order valence-electron chi connectivity index (χ3n) is 2.89. The van der Waals surface area contributed by atoms with E-state index in [2.05, 4.69) is 0 Å². The Labute approximate surface area is 99.1 Å². The fourth-order valence-corrected chi connectivity index (χ4v) is 2.25. The standard InChI is InChI=1S/C10H14Cl2O3/c1-4-15-9(14)6-5(10(6,2)3)7(13)8(11)12/h5-6,8H,4H2,1-3H3/t5-,6-/m0/s1. The zero-order valence-electron chi connectivity index (χ0n) is 8.92. The number of ketones is 1. The Morgan fingerprint density at radius 2 is 1.87 bits per heavy atom. The van der Waals surface area contributed by atoms with E-state index in [9.17, 15) is 9.59 Å². The van der Waals surface area contributed by atoms with Crippen LogP contribution in [0.1, 0.15) is 20.8 Å². The average molecular weight is 253 g/mol. The van der Waals surface area contributed by atoms with Crippen molar-refractivity contribution in [3.05, 3.63) is 0 Å². The first kappa shape index (κ1) is 12.8. The van der Waals surface area contributed by atoms with E-state index < -0.39 is 16.7 Å². The van der Waals surface area contributed by atoms with Gasteiger partial charge in [-0.05, 0) is 12.3 Å². The summed E-state index contributed by atoms with van der Waals surface area (Å²) < 4.78 is 4.88. The van der Waals surface area contributed by atoms with Crippen molar-refractivity contribution in [3.63, 3.8) is 0 Å². The Kier molecular flexibility index (Phi) is 3.67. The first-order valence-corrected chi connectivity index (χ1v) is 5.69. The average Bonchev–Trinajstić information content (AvgIpc) is 2.68. The lowest BCUT2D eigenvalue weighted by Gasteiger charge is -2.01. The molecule has 0 aliphatic heterocycles. The molecule has 0 aromatic rings. The van der Waals surface area contributed by atoms with Gasteiger partial charge in [-0.3, -0.25) is 9.59 Å². The summed E-state index contributed by atoms with van der Waals surface area (Å²) in [6, 6.07) is 0. The maximum atomic E-state index is 11.6. The monoisotopic (exact) mass is 252 g/mol. The molecule has 0 saturated heterocycles. The van der Waals surface area contributed by atoms with Crippen molar-refractivity contribution in [2.24, 2.45) is 17.3 Å². The van der Waals surface area contributed by atoms with E-state index in [1.54, 1.807) is 6.92 Å². The molecule has 15 heavy (non-hydrogen) atoms. The van der Waals surface area contributed by atoms with E-state index in [0.717, 1.165) is 0 Å². The van der Waals surface area contributed by atoms with E-state index in [-0.39, 0.29) is 17.2 Å². The molecule has 86 valence electrons. The molecule has 0 bridgehead atoms. The molecule has 1 fully saturated rings. The van der Waals surface area contributed by atoms with Gasteiger partial charge < -0.3 is 4.74 Å². The second-order valence-corrected chi connectivity index (χ2v) is 5.33. The smallest absolute Gasteiger partial charge is 0.310 e. The van der Waals surface area contributed by atoms with Crippen molar-refractivity contribution in [2.75, 3.05) is 6.61 Å². The van der Waals surface area contributed by atoms with E-state index in [0.29, 0.717) is 6.61 Å². The third-order valence-corrected chi connectivity index (χ3v) is 3.32. The van der Waals surface area contributed by atoms with Gasteiger partial charge in [0.25, 0.3) is 0 Å². The topological polar surface area (TPSA) is 43.4 Å². The molecule has 0 aromatic heterocycles. The Morgan fingerprint density at radius 1 is 1.33 bits per heavy atom. The van der Waals surface area contributed by atoms with E-state index in [1.807, 2.05) is 13.8 Å². The number of rotatable bonds is 4. The van der Waals surface area contributed by atoms with E-state index in [1.165, 1.54) is 0 Å². The van der Waals surface area contributed by atoms with Crippen LogP contribution in [0.5, 0.6) is 0 Å². The molecule has 0 amide bonds. The van der Waals surface area contributed by atoms with Crippen LogP contribution in [0, 0.1) is 17.3 Å². The van der Waals surface area contributed by atoms with Crippen molar-refractivity contribution in [1.82, 2.24) is 0 Å². The largest absolute Gasteiger partial charge is 0.466 e. The molecule has 1 aliphatic rings. The lowest BCUT2D eigenvalue weighted by atomic mass is 10.1. The summed E-state index contributed by atoms with van der Waals surface area (Å²) >= 11 is 11.0. The molecule has 0 heterocycles. The second kappa shape index (κ2) is 4.30. The van der Waals surface area contributed by atoms with Crippen molar-refractivity contribution < 1.29 is 14.3 Å². The van der Waals surface area contributed by atoms with Gasteiger partial charge in [-0.1, -0.05) is 37.0 Å². The van der Waals surface area contributed by atoms with Crippen LogP contribution in [-0.4, -0.2) is 23.2 Å². The van der Waals surface area contributed by atoms with Crippen LogP contribution in [0.15, 0.2) is 0 Å². The summed E-state index contributed by atoms with van der Waals surface area (Å²) in [4.78, 5) is 22.0. The fraction of sp³-hybridized carbons (Fsp3) is 0.800. The highest BCUT2D eigenvalue weighted by Gasteiger charge is 2.66. The molecule has 2 atom stereocenters. The van der Waals surface area contributed by atoms with Gasteiger partial charge in [0, 0.05) is 5.92 Å². The highest BCUT2D eigenvalue weighted by molar-refractivity contribution is 6.54. The number of hydrogen-bond donors (Lipinski definition) is 0. The van der Waals surface area contributed by atoms with Crippen molar-refractivity contribution >= 4 is 35.0 Å². The van der Waals surface area contributed by atoms with Gasteiger partial charge in [-0.15, -0.1) is 0 Å². The molecule has 3 nitrogen and oxygen atoms in total. The lowest BCUT2D eigenvalue weighted by Crippen LogP contribution is -2.15. The quantitative estimate of drug-likeness (QED) is 0.569. The van der Waals surface area contributed by atoms with Crippen LogP contribution < -0.4 is 0 Å². The van der Waals surface area contributed by atoms with Crippen LogP contribution in [0.4, 0.5) is 0 Å². The van der Waals surface area contributed by atoms with Gasteiger partial charge in [-0.2, -0.15) is 0 Å². The zero-order valence-corrected chi connectivity index (χ0v) is 10.4. The maximum absolute atomic E-state index is 11.6. The molecular formula is C10H14Cl2O3. The number of carbonyl (C=O) groups is 2. The minimum Gasteiger partial charge on any atom is -0.466 e. The Hall–Kier alpha value is -0.280. The number of Topliss-reactive ketones (excluding diaryl/α,β-unsaturated/α-hetero) is 1. The number of ether oxygens (including phenoxy) is 1. The van der Waals surface area contributed by atoms with Crippen LogP contribution in [0.25, 0.3) is 0 Å². The Bertz CT molecular complexity index is 286. The first-order chi connectivity index (χ1) is 6.84. The summed E-state index contributed by atoms with van der Waals surface area (Å²) in [6.07, 6.45) is 0. The van der Waals surface area contributed by atoms with Gasteiger partial charge in [0.05, 0.1) is 12.5 Å². The Balaban J connectivity index is 2.71.